The van der Waals surface area contributed by atoms with Gasteiger partial charge in [-0.25, -0.2) is 0 Å². The number of anilines is 6. The number of hydrogen-bond acceptors (Lipinski definition) is 2. The van der Waals surface area contributed by atoms with Crippen LogP contribution in [0, 0.1) is 0 Å². The van der Waals surface area contributed by atoms with Gasteiger partial charge in [-0.15, -0.1) is 0 Å². The van der Waals surface area contributed by atoms with Crippen LogP contribution in [0.25, 0.3) is 24.3 Å². The van der Waals surface area contributed by atoms with E-state index in [1.165, 1.54) is 0 Å². The lowest BCUT2D eigenvalue weighted by atomic mass is 10.1. The van der Waals surface area contributed by atoms with Gasteiger partial charge in [0.1, 0.15) is 0 Å². The molecule has 0 radical (unpaired) electrons. The van der Waals surface area contributed by atoms with Crippen molar-refractivity contribution in [3.63, 3.8) is 0 Å². The first-order chi connectivity index (χ1) is 25.4. The van der Waals surface area contributed by atoms with Gasteiger partial charge in [-0.1, -0.05) is 137 Å². The molecule has 0 amide bonds. The Morgan fingerprint density at radius 3 is 0.577 bits per heavy atom. The fourth-order valence-electron chi connectivity index (χ4n) is 5.83. The van der Waals surface area contributed by atoms with E-state index in [4.69, 9.17) is 0 Å². The third-order valence-corrected chi connectivity index (χ3v) is 10.6. The van der Waals surface area contributed by atoms with Crippen molar-refractivity contribution < 1.29 is 0 Å². The van der Waals surface area contributed by atoms with Crippen LogP contribution in [-0.4, -0.2) is 0 Å². The molecular formula is C46H32Br4N2. The van der Waals surface area contributed by atoms with Crippen molar-refractivity contribution in [2.75, 3.05) is 9.80 Å². The van der Waals surface area contributed by atoms with Crippen LogP contribution in [0.15, 0.2) is 188 Å². The lowest BCUT2D eigenvalue weighted by Crippen LogP contribution is -2.09. The van der Waals surface area contributed by atoms with Crippen LogP contribution in [0.5, 0.6) is 0 Å². The molecule has 0 aromatic heterocycles. The molecule has 0 saturated carbocycles. The maximum atomic E-state index is 3.57. The van der Waals surface area contributed by atoms with Crippen LogP contribution in [0.3, 0.4) is 0 Å². The second-order valence-electron chi connectivity index (χ2n) is 12.1. The van der Waals surface area contributed by atoms with E-state index in [0.717, 1.165) is 74.3 Å². The van der Waals surface area contributed by atoms with Gasteiger partial charge in [0.15, 0.2) is 0 Å². The molecule has 254 valence electrons. The Morgan fingerprint density at radius 2 is 0.385 bits per heavy atom. The Balaban J connectivity index is 1.02. The fourth-order valence-corrected chi connectivity index (χ4v) is 6.88. The standard InChI is InChI=1S/C46H32Br4N2/c47-37-13-25-43(26-14-37)51(44-27-15-38(48)16-28-44)41-21-9-35(10-22-41)7-5-33-1-2-34(4-3-33)6-8-36-11-23-42(24-12-36)52(45-29-17-39(49)18-30-45)46-31-19-40(50)20-32-46/h1-32H/b7-5+,8-6+. The summed E-state index contributed by atoms with van der Waals surface area (Å²) in [7, 11) is 0. The Kier molecular flexibility index (Phi) is 11.7. The van der Waals surface area contributed by atoms with Gasteiger partial charge in [0.25, 0.3) is 0 Å². The molecule has 7 aromatic carbocycles. The average Bonchev–Trinajstić information content (AvgIpc) is 3.18. The molecule has 0 aliphatic heterocycles. The van der Waals surface area contributed by atoms with E-state index in [0.29, 0.717) is 0 Å². The van der Waals surface area contributed by atoms with Gasteiger partial charge >= 0.3 is 0 Å². The molecule has 6 heteroatoms. The molecule has 0 N–H and O–H groups in total. The normalized spacial score (nSPS) is 11.3. The van der Waals surface area contributed by atoms with Crippen LogP contribution in [0.2, 0.25) is 0 Å². The van der Waals surface area contributed by atoms with Gasteiger partial charge in [0.2, 0.25) is 0 Å². The van der Waals surface area contributed by atoms with Crippen molar-refractivity contribution in [3.05, 3.63) is 210 Å². The smallest absolute Gasteiger partial charge is 0.0462 e. The summed E-state index contributed by atoms with van der Waals surface area (Å²) in [4.78, 5) is 4.52. The number of benzene rings is 7. The largest absolute Gasteiger partial charge is 0.311 e. The summed E-state index contributed by atoms with van der Waals surface area (Å²) in [5, 5.41) is 0. The maximum absolute atomic E-state index is 3.57. The molecule has 0 aliphatic carbocycles. The van der Waals surface area contributed by atoms with Crippen LogP contribution < -0.4 is 9.80 Å². The second kappa shape index (κ2) is 16.9. The Labute approximate surface area is 339 Å². The summed E-state index contributed by atoms with van der Waals surface area (Å²) in [6.45, 7) is 0. The van der Waals surface area contributed by atoms with Gasteiger partial charge in [-0.3, -0.25) is 0 Å². The summed E-state index contributed by atoms with van der Waals surface area (Å²) in [5.41, 5.74) is 11.2. The number of hydrogen-bond donors (Lipinski definition) is 0. The molecule has 0 saturated heterocycles. The molecule has 0 spiro atoms. The summed E-state index contributed by atoms with van der Waals surface area (Å²) >= 11 is 14.3. The van der Waals surface area contributed by atoms with Crippen LogP contribution in [-0.2, 0) is 0 Å². The van der Waals surface area contributed by atoms with E-state index in [2.05, 4.69) is 268 Å². The molecule has 0 heterocycles. The zero-order chi connectivity index (χ0) is 35.9. The van der Waals surface area contributed by atoms with E-state index in [1.54, 1.807) is 0 Å². The molecule has 0 fully saturated rings. The zero-order valence-electron chi connectivity index (χ0n) is 27.9. The van der Waals surface area contributed by atoms with Crippen LogP contribution in [0.4, 0.5) is 34.1 Å². The molecule has 7 rings (SSSR count). The van der Waals surface area contributed by atoms with Gasteiger partial charge in [0.05, 0.1) is 0 Å². The predicted octanol–water partition coefficient (Wildman–Crippen LogP) is 16.0. The summed E-state index contributed by atoms with van der Waals surface area (Å²) in [6, 6.07) is 59.5. The minimum atomic E-state index is 1.06. The maximum Gasteiger partial charge on any atom is 0.0462 e. The lowest BCUT2D eigenvalue weighted by Gasteiger charge is -2.25. The monoisotopic (exact) mass is 928 g/mol. The minimum Gasteiger partial charge on any atom is -0.311 e. The average molecular weight is 932 g/mol. The van der Waals surface area contributed by atoms with E-state index < -0.39 is 0 Å². The third kappa shape index (κ3) is 9.12. The molecule has 0 bridgehead atoms. The van der Waals surface area contributed by atoms with Crippen LogP contribution in [0.1, 0.15) is 22.3 Å². The Morgan fingerprint density at radius 1 is 0.231 bits per heavy atom. The predicted molar refractivity (Wildman–Crippen MR) is 237 cm³/mol. The molecule has 0 unspecified atom stereocenters. The van der Waals surface area contributed by atoms with Crippen molar-refractivity contribution in [1.82, 2.24) is 0 Å². The first-order valence-corrected chi connectivity index (χ1v) is 19.8. The summed E-state index contributed by atoms with van der Waals surface area (Å²) < 4.78 is 4.22. The number of nitrogens with zero attached hydrogens (tertiary/aromatic N) is 2. The zero-order valence-corrected chi connectivity index (χ0v) is 34.2. The minimum absolute atomic E-state index is 1.06. The highest BCUT2D eigenvalue weighted by Gasteiger charge is 2.14. The van der Waals surface area contributed by atoms with Crippen molar-refractivity contribution >= 4 is 122 Å². The summed E-state index contributed by atoms with van der Waals surface area (Å²) in [5.74, 6) is 0. The molecule has 0 aliphatic rings. The van der Waals surface area contributed by atoms with Crippen LogP contribution >= 0.6 is 63.7 Å². The van der Waals surface area contributed by atoms with Crippen molar-refractivity contribution in [2.24, 2.45) is 0 Å². The lowest BCUT2D eigenvalue weighted by molar-refractivity contribution is 1.28. The van der Waals surface area contributed by atoms with Crippen molar-refractivity contribution in [2.45, 2.75) is 0 Å². The molecule has 52 heavy (non-hydrogen) atoms. The molecule has 0 atom stereocenters. The topological polar surface area (TPSA) is 6.48 Å². The fraction of sp³-hybridized carbons (Fsp3) is 0. The highest BCUT2D eigenvalue weighted by atomic mass is 79.9. The Hall–Kier alpha value is -4.46. The SMILES string of the molecule is Brc1ccc(N(c2ccc(Br)cc2)c2ccc(/C=C/c3ccc(/C=C/c4ccc(N(c5ccc(Br)cc5)c5ccc(Br)cc5)cc4)cc3)cc2)cc1. The second-order valence-corrected chi connectivity index (χ2v) is 15.8. The van der Waals surface area contributed by atoms with E-state index in [-0.39, 0.29) is 0 Å². The summed E-state index contributed by atoms with van der Waals surface area (Å²) in [6.07, 6.45) is 8.63. The third-order valence-electron chi connectivity index (χ3n) is 8.51. The number of rotatable bonds is 10. The quantitative estimate of drug-likeness (QED) is 0.126. The van der Waals surface area contributed by atoms with Gasteiger partial charge in [-0.2, -0.15) is 0 Å². The highest BCUT2D eigenvalue weighted by molar-refractivity contribution is 9.11. The molecule has 2 nitrogen and oxygen atoms in total. The van der Waals surface area contributed by atoms with E-state index in [1.807, 2.05) is 0 Å². The first kappa shape index (κ1) is 35.9. The van der Waals surface area contributed by atoms with E-state index in [9.17, 15) is 0 Å². The van der Waals surface area contributed by atoms with E-state index >= 15 is 0 Å². The van der Waals surface area contributed by atoms with Gasteiger partial charge in [-0.05, 0) is 144 Å². The van der Waals surface area contributed by atoms with Gasteiger partial charge in [0, 0.05) is 52.0 Å². The number of halogens is 4. The first-order valence-electron chi connectivity index (χ1n) is 16.7. The Bertz CT molecular complexity index is 2020. The van der Waals surface area contributed by atoms with Gasteiger partial charge < -0.3 is 9.80 Å². The highest BCUT2D eigenvalue weighted by Crippen LogP contribution is 2.37. The molecular weight excluding hydrogens is 900 g/mol. The molecule has 7 aromatic rings. The van der Waals surface area contributed by atoms with Crippen molar-refractivity contribution in [3.8, 4) is 0 Å². The van der Waals surface area contributed by atoms with Crippen molar-refractivity contribution in [1.29, 1.82) is 0 Å².